The molecule has 2 rings (SSSR count). The van der Waals surface area contributed by atoms with Crippen molar-refractivity contribution in [1.82, 2.24) is 0 Å². The first-order valence-electron chi connectivity index (χ1n) is 5.38. The Morgan fingerprint density at radius 2 is 1.88 bits per heavy atom. The van der Waals surface area contributed by atoms with Gasteiger partial charge in [-0.05, 0) is 17.5 Å². The van der Waals surface area contributed by atoms with E-state index in [2.05, 4.69) is 10.8 Å². The summed E-state index contributed by atoms with van der Waals surface area (Å²) >= 11 is 0. The maximum absolute atomic E-state index is 11.3. The number of ether oxygens (including phenoxy) is 1. The van der Waals surface area contributed by atoms with Crippen molar-refractivity contribution >= 4 is 11.9 Å². The van der Waals surface area contributed by atoms with Crippen LogP contribution in [-0.2, 0) is 27.2 Å². The zero-order chi connectivity index (χ0) is 12.3. The number of hydrogen-bond acceptors (Lipinski definition) is 4. The predicted octanol–water partition coefficient (Wildman–Crippen LogP) is 1.38. The van der Waals surface area contributed by atoms with E-state index >= 15 is 0 Å². The molecule has 1 saturated heterocycles. The van der Waals surface area contributed by atoms with Gasteiger partial charge in [-0.15, -0.1) is 0 Å². The number of cyclic esters (lactones) is 2. The van der Waals surface area contributed by atoms with Crippen LogP contribution >= 0.6 is 0 Å². The highest BCUT2D eigenvalue weighted by Crippen LogP contribution is 2.21. The Hall–Kier alpha value is -2.15. The van der Waals surface area contributed by atoms with Gasteiger partial charge in [-0.3, -0.25) is 9.59 Å². The van der Waals surface area contributed by atoms with E-state index in [9.17, 15) is 9.59 Å². The van der Waals surface area contributed by atoms with Crippen molar-refractivity contribution in [2.75, 3.05) is 0 Å². The van der Waals surface area contributed by atoms with Gasteiger partial charge >= 0.3 is 11.9 Å². The Morgan fingerprint density at radius 3 is 2.41 bits per heavy atom. The van der Waals surface area contributed by atoms with E-state index in [-0.39, 0.29) is 12.3 Å². The average molecular weight is 229 g/mol. The largest absolute Gasteiger partial charge is 0.393 e. The van der Waals surface area contributed by atoms with Gasteiger partial charge in [0, 0.05) is 0 Å². The van der Waals surface area contributed by atoms with Crippen LogP contribution in [0.1, 0.15) is 17.5 Å². The highest BCUT2D eigenvalue weighted by atomic mass is 16.6. The van der Waals surface area contributed by atoms with E-state index in [1.165, 1.54) is 0 Å². The molecule has 1 fully saturated rings. The number of benzene rings is 1. The van der Waals surface area contributed by atoms with Crippen LogP contribution in [0.4, 0.5) is 0 Å². The van der Waals surface area contributed by atoms with Crippen molar-refractivity contribution in [2.45, 2.75) is 19.3 Å². The molecule has 1 unspecified atom stereocenters. The van der Waals surface area contributed by atoms with Gasteiger partial charge in [0.25, 0.3) is 0 Å². The second kappa shape index (κ2) is 4.79. The molecule has 1 aromatic rings. The zero-order valence-corrected chi connectivity index (χ0v) is 9.18. The Bertz CT molecular complexity index is 484. The fourth-order valence-corrected chi connectivity index (χ4v) is 1.85. The van der Waals surface area contributed by atoms with Gasteiger partial charge in [0.1, 0.15) is 0 Å². The van der Waals surface area contributed by atoms with Crippen LogP contribution in [0.15, 0.2) is 24.3 Å². The summed E-state index contributed by atoms with van der Waals surface area (Å²) in [5.41, 5.74) is 1.92. The third kappa shape index (κ3) is 2.70. The van der Waals surface area contributed by atoms with Gasteiger partial charge < -0.3 is 4.74 Å². The molecule has 0 saturated carbocycles. The van der Waals surface area contributed by atoms with Crippen LogP contribution < -0.4 is 0 Å². The third-order valence-electron chi connectivity index (χ3n) is 2.75. The molecule has 4 nitrogen and oxygen atoms in total. The van der Waals surface area contributed by atoms with Crippen molar-refractivity contribution in [3.05, 3.63) is 35.4 Å². The number of carbonyl (C=O) groups excluding carboxylic acids is 2. The van der Waals surface area contributed by atoms with Gasteiger partial charge in [-0.25, -0.2) is 0 Å². The minimum absolute atomic E-state index is 0.165. The Balaban J connectivity index is 2.02. The quantitative estimate of drug-likeness (QED) is 0.580. The van der Waals surface area contributed by atoms with Crippen molar-refractivity contribution in [2.24, 2.45) is 5.92 Å². The lowest BCUT2D eigenvalue weighted by molar-refractivity contribution is -0.153. The Labute approximate surface area is 98.8 Å². The lowest BCUT2D eigenvalue weighted by Crippen LogP contribution is -2.10. The van der Waals surface area contributed by atoms with Crippen LogP contribution in [0.5, 0.6) is 0 Å². The smallest absolute Gasteiger partial charge is 0.317 e. The van der Waals surface area contributed by atoms with Gasteiger partial charge in [-0.2, -0.15) is 5.26 Å². The summed E-state index contributed by atoms with van der Waals surface area (Å²) in [7, 11) is 0. The zero-order valence-electron chi connectivity index (χ0n) is 9.18. The van der Waals surface area contributed by atoms with Crippen LogP contribution in [0.2, 0.25) is 0 Å². The minimum atomic E-state index is -0.443. The Morgan fingerprint density at radius 1 is 1.24 bits per heavy atom. The van der Waals surface area contributed by atoms with Gasteiger partial charge in [-0.1, -0.05) is 24.3 Å². The van der Waals surface area contributed by atoms with Crippen LogP contribution in [-0.4, -0.2) is 11.9 Å². The second-order valence-corrected chi connectivity index (χ2v) is 4.05. The molecule has 17 heavy (non-hydrogen) atoms. The summed E-state index contributed by atoms with van der Waals surface area (Å²) in [5, 5.41) is 8.53. The Kier molecular flexibility index (Phi) is 3.20. The molecule has 0 N–H and O–H groups in total. The van der Waals surface area contributed by atoms with E-state index in [0.29, 0.717) is 12.8 Å². The summed E-state index contributed by atoms with van der Waals surface area (Å²) in [6.07, 6.45) is 1.06. The van der Waals surface area contributed by atoms with Gasteiger partial charge in [0.05, 0.1) is 24.8 Å². The van der Waals surface area contributed by atoms with E-state index in [1.807, 2.05) is 24.3 Å². The molecule has 86 valence electrons. The fraction of sp³-hybridized carbons (Fsp3) is 0.308. The highest BCUT2D eigenvalue weighted by Gasteiger charge is 2.33. The summed E-state index contributed by atoms with van der Waals surface area (Å²) in [4.78, 5) is 22.2. The first kappa shape index (κ1) is 11.3. The average Bonchev–Trinajstić information content (AvgIpc) is 2.61. The second-order valence-electron chi connectivity index (χ2n) is 4.05. The van der Waals surface area contributed by atoms with E-state index in [1.54, 1.807) is 0 Å². The normalized spacial score (nSPS) is 18.9. The first-order valence-corrected chi connectivity index (χ1v) is 5.38. The molecule has 0 amide bonds. The standard InChI is InChI=1S/C13H11NO3/c14-6-5-9-1-3-10(4-2-9)7-11-8-12(15)17-13(11)16/h1-4,11H,5,7-8H2. The highest BCUT2D eigenvalue weighted by molar-refractivity contribution is 5.94. The molecule has 4 heteroatoms. The lowest BCUT2D eigenvalue weighted by atomic mass is 9.97. The van der Waals surface area contributed by atoms with Crippen molar-refractivity contribution < 1.29 is 14.3 Å². The SMILES string of the molecule is N#CCc1ccc(CC2CC(=O)OC2=O)cc1. The molecule has 0 radical (unpaired) electrons. The molecule has 0 aromatic heterocycles. The van der Waals surface area contributed by atoms with Crippen molar-refractivity contribution in [3.8, 4) is 6.07 Å². The topological polar surface area (TPSA) is 67.2 Å². The molecule has 1 aliphatic heterocycles. The van der Waals surface area contributed by atoms with E-state index < -0.39 is 11.9 Å². The lowest BCUT2D eigenvalue weighted by Gasteiger charge is -2.05. The molecule has 0 bridgehead atoms. The fourth-order valence-electron chi connectivity index (χ4n) is 1.85. The third-order valence-corrected chi connectivity index (χ3v) is 2.75. The predicted molar refractivity (Wildman–Crippen MR) is 58.7 cm³/mol. The van der Waals surface area contributed by atoms with Gasteiger partial charge in [0.15, 0.2) is 0 Å². The summed E-state index contributed by atoms with van der Waals surface area (Å²) in [6, 6.07) is 9.55. The monoisotopic (exact) mass is 229 g/mol. The molecule has 1 aliphatic rings. The summed E-state index contributed by atoms with van der Waals surface area (Å²) in [6.45, 7) is 0. The number of rotatable bonds is 3. The molecule has 1 heterocycles. The van der Waals surface area contributed by atoms with Crippen molar-refractivity contribution in [3.63, 3.8) is 0 Å². The molecule has 1 aromatic carbocycles. The number of nitrogens with zero attached hydrogens (tertiary/aromatic N) is 1. The van der Waals surface area contributed by atoms with Crippen LogP contribution in [0, 0.1) is 17.2 Å². The number of nitriles is 1. The van der Waals surface area contributed by atoms with Crippen molar-refractivity contribution in [1.29, 1.82) is 5.26 Å². The molecular formula is C13H11NO3. The number of hydrogen-bond donors (Lipinski definition) is 0. The van der Waals surface area contributed by atoms with E-state index in [0.717, 1.165) is 11.1 Å². The maximum atomic E-state index is 11.3. The van der Waals surface area contributed by atoms with Crippen LogP contribution in [0.25, 0.3) is 0 Å². The van der Waals surface area contributed by atoms with E-state index in [4.69, 9.17) is 5.26 Å². The first-order chi connectivity index (χ1) is 8.19. The molecule has 0 aliphatic carbocycles. The minimum Gasteiger partial charge on any atom is -0.393 e. The van der Waals surface area contributed by atoms with Gasteiger partial charge in [0.2, 0.25) is 0 Å². The number of carbonyl (C=O) groups is 2. The molecular weight excluding hydrogens is 218 g/mol. The summed E-state index contributed by atoms with van der Waals surface area (Å²) in [5.74, 6) is -1.23. The molecule has 0 spiro atoms. The number of esters is 2. The maximum Gasteiger partial charge on any atom is 0.317 e. The van der Waals surface area contributed by atoms with Crippen LogP contribution in [0.3, 0.4) is 0 Å². The summed E-state index contributed by atoms with van der Waals surface area (Å²) < 4.78 is 4.49. The molecule has 1 atom stereocenters.